The zero-order valence-electron chi connectivity index (χ0n) is 11.8. The first-order valence-electron chi connectivity index (χ1n) is 6.44. The summed E-state index contributed by atoms with van der Waals surface area (Å²) in [6.07, 6.45) is 0. The number of methoxy groups -OCH3 is 1. The molecular formula is C14H21ClN2O3. The predicted octanol–water partition coefficient (Wildman–Crippen LogP) is 1.17. The second-order valence-electron chi connectivity index (χ2n) is 4.61. The molecule has 0 unspecified atom stereocenters. The normalized spacial score (nSPS) is 13.9. The third-order valence-corrected chi connectivity index (χ3v) is 3.26. The van der Waals surface area contributed by atoms with Crippen molar-refractivity contribution in [2.75, 3.05) is 40.4 Å². The van der Waals surface area contributed by atoms with Gasteiger partial charge in [0.05, 0.1) is 19.6 Å². The van der Waals surface area contributed by atoms with Crippen LogP contribution < -0.4 is 14.8 Å². The van der Waals surface area contributed by atoms with Crippen molar-refractivity contribution in [1.29, 1.82) is 0 Å². The second-order valence-corrected chi connectivity index (χ2v) is 4.61. The number of carbonyl (C=O) groups excluding carboxylic acids is 1. The van der Waals surface area contributed by atoms with E-state index in [1.54, 1.807) is 12.0 Å². The van der Waals surface area contributed by atoms with Crippen LogP contribution in [0.25, 0.3) is 0 Å². The van der Waals surface area contributed by atoms with Gasteiger partial charge in [0, 0.05) is 20.1 Å². The Bertz CT molecular complexity index is 438. The summed E-state index contributed by atoms with van der Waals surface area (Å²) >= 11 is 0. The molecular weight excluding hydrogens is 280 g/mol. The molecule has 0 bridgehead atoms. The molecule has 2 rings (SSSR count). The van der Waals surface area contributed by atoms with Crippen LogP contribution in [-0.4, -0.2) is 51.2 Å². The highest BCUT2D eigenvalue weighted by Crippen LogP contribution is 2.25. The lowest BCUT2D eigenvalue weighted by molar-refractivity contribution is -0.136. The zero-order chi connectivity index (χ0) is 13.7. The van der Waals surface area contributed by atoms with Gasteiger partial charge in [0.1, 0.15) is 6.61 Å². The number of hydrogen-bond donors (Lipinski definition) is 1. The molecule has 0 aliphatic carbocycles. The van der Waals surface area contributed by atoms with Crippen molar-refractivity contribution in [3.63, 3.8) is 0 Å². The lowest BCUT2D eigenvalue weighted by atomic mass is 10.0. The average Bonchev–Trinajstić information content (AvgIpc) is 2.37. The van der Waals surface area contributed by atoms with Crippen molar-refractivity contribution in [2.24, 2.45) is 5.92 Å². The Balaban J connectivity index is 0.00000200. The molecule has 0 radical (unpaired) electrons. The fourth-order valence-corrected chi connectivity index (χ4v) is 1.92. The largest absolute Gasteiger partial charge is 0.493 e. The molecule has 1 saturated heterocycles. The number of halogens is 1. The van der Waals surface area contributed by atoms with E-state index in [1.165, 1.54) is 0 Å². The number of rotatable bonds is 6. The first-order chi connectivity index (χ1) is 9.22. The Morgan fingerprint density at radius 1 is 1.35 bits per heavy atom. The number of amides is 1. The van der Waals surface area contributed by atoms with Gasteiger partial charge in [-0.05, 0) is 12.1 Å². The lowest BCUT2D eigenvalue weighted by Gasteiger charge is -2.30. The van der Waals surface area contributed by atoms with E-state index in [2.05, 4.69) is 5.32 Å². The molecule has 0 atom stereocenters. The van der Waals surface area contributed by atoms with Crippen LogP contribution in [0.3, 0.4) is 0 Å². The Morgan fingerprint density at radius 3 is 2.55 bits per heavy atom. The number of ether oxygens (including phenoxy) is 2. The monoisotopic (exact) mass is 300 g/mol. The number of carbonyl (C=O) groups is 1. The first-order valence-corrected chi connectivity index (χ1v) is 6.44. The summed E-state index contributed by atoms with van der Waals surface area (Å²) in [7, 11) is 3.42. The fraction of sp³-hybridized carbons (Fsp3) is 0.500. The maximum atomic E-state index is 11.9. The molecule has 20 heavy (non-hydrogen) atoms. The second kappa shape index (κ2) is 7.97. The minimum absolute atomic E-state index is 0. The molecule has 1 aromatic rings. The summed E-state index contributed by atoms with van der Waals surface area (Å²) in [6, 6.07) is 7.50. The van der Waals surface area contributed by atoms with Gasteiger partial charge in [0.2, 0.25) is 5.91 Å². The van der Waals surface area contributed by atoms with Crippen LogP contribution in [0, 0.1) is 5.92 Å². The number of nitrogens with zero attached hydrogens (tertiary/aromatic N) is 1. The summed E-state index contributed by atoms with van der Waals surface area (Å²) in [4.78, 5) is 13.6. The molecule has 1 N–H and O–H groups in total. The summed E-state index contributed by atoms with van der Waals surface area (Å²) in [5.74, 6) is 1.73. The molecule has 0 aromatic heterocycles. The highest BCUT2D eigenvalue weighted by molar-refractivity contribution is 5.85. The summed E-state index contributed by atoms with van der Waals surface area (Å²) in [5.41, 5.74) is 0. The van der Waals surface area contributed by atoms with Crippen molar-refractivity contribution >= 4 is 18.3 Å². The zero-order valence-corrected chi connectivity index (χ0v) is 12.6. The van der Waals surface area contributed by atoms with Crippen LogP contribution in [-0.2, 0) is 4.79 Å². The topological polar surface area (TPSA) is 50.8 Å². The minimum atomic E-state index is 0. The van der Waals surface area contributed by atoms with Crippen molar-refractivity contribution in [2.45, 2.75) is 0 Å². The van der Waals surface area contributed by atoms with Gasteiger partial charge in [-0.15, -0.1) is 12.4 Å². The number of para-hydroxylation sites is 2. The molecule has 1 aliphatic heterocycles. The molecule has 1 heterocycles. The van der Waals surface area contributed by atoms with E-state index in [1.807, 2.05) is 31.3 Å². The number of likely N-dealkylation sites (N-methyl/N-ethyl adjacent to an activating group) is 1. The summed E-state index contributed by atoms with van der Waals surface area (Å²) in [6.45, 7) is 2.61. The Labute approximate surface area is 125 Å². The van der Waals surface area contributed by atoms with E-state index < -0.39 is 0 Å². The van der Waals surface area contributed by atoms with E-state index in [0.717, 1.165) is 13.1 Å². The predicted molar refractivity (Wildman–Crippen MR) is 79.7 cm³/mol. The van der Waals surface area contributed by atoms with E-state index in [4.69, 9.17) is 9.47 Å². The van der Waals surface area contributed by atoms with Crippen LogP contribution in [0.1, 0.15) is 0 Å². The van der Waals surface area contributed by atoms with Crippen molar-refractivity contribution in [3.05, 3.63) is 24.3 Å². The highest BCUT2D eigenvalue weighted by atomic mass is 35.5. The minimum Gasteiger partial charge on any atom is -0.493 e. The van der Waals surface area contributed by atoms with Gasteiger partial charge in [-0.3, -0.25) is 4.79 Å². The van der Waals surface area contributed by atoms with E-state index in [-0.39, 0.29) is 24.2 Å². The van der Waals surface area contributed by atoms with Gasteiger partial charge in [-0.1, -0.05) is 12.1 Å². The van der Waals surface area contributed by atoms with Crippen LogP contribution in [0.15, 0.2) is 24.3 Å². The number of hydrogen-bond acceptors (Lipinski definition) is 4. The van der Waals surface area contributed by atoms with E-state index in [9.17, 15) is 4.79 Å². The molecule has 1 fully saturated rings. The SMILES string of the molecule is COc1ccccc1OCCN(C)C(=O)C1CNC1.Cl. The summed E-state index contributed by atoms with van der Waals surface area (Å²) < 4.78 is 10.8. The van der Waals surface area contributed by atoms with Gasteiger partial charge in [-0.2, -0.15) is 0 Å². The van der Waals surface area contributed by atoms with Gasteiger partial charge in [-0.25, -0.2) is 0 Å². The van der Waals surface area contributed by atoms with Crippen LogP contribution in [0.5, 0.6) is 11.5 Å². The van der Waals surface area contributed by atoms with Crippen LogP contribution in [0.2, 0.25) is 0 Å². The van der Waals surface area contributed by atoms with Crippen LogP contribution >= 0.6 is 12.4 Å². The molecule has 6 heteroatoms. The van der Waals surface area contributed by atoms with E-state index in [0.29, 0.717) is 24.7 Å². The quantitative estimate of drug-likeness (QED) is 0.857. The van der Waals surface area contributed by atoms with Gasteiger partial charge in [0.15, 0.2) is 11.5 Å². The van der Waals surface area contributed by atoms with Gasteiger partial charge in [0.25, 0.3) is 0 Å². The average molecular weight is 301 g/mol. The highest BCUT2D eigenvalue weighted by Gasteiger charge is 2.27. The molecule has 1 amide bonds. The van der Waals surface area contributed by atoms with Crippen molar-refractivity contribution in [3.8, 4) is 11.5 Å². The lowest BCUT2D eigenvalue weighted by Crippen LogP contribution is -2.51. The maximum absolute atomic E-state index is 11.9. The number of nitrogens with one attached hydrogen (secondary N) is 1. The first kappa shape index (κ1) is 16.6. The van der Waals surface area contributed by atoms with Gasteiger partial charge < -0.3 is 19.7 Å². The smallest absolute Gasteiger partial charge is 0.228 e. The fourth-order valence-electron chi connectivity index (χ4n) is 1.92. The standard InChI is InChI=1S/C14H20N2O3.ClH/c1-16(14(17)11-9-15-10-11)7-8-19-13-6-4-3-5-12(13)18-2;/h3-6,11,15H,7-10H2,1-2H3;1H. The molecule has 112 valence electrons. The van der Waals surface area contributed by atoms with Crippen molar-refractivity contribution in [1.82, 2.24) is 10.2 Å². The summed E-state index contributed by atoms with van der Waals surface area (Å²) in [5, 5.41) is 3.10. The Kier molecular flexibility index (Phi) is 6.61. The molecule has 1 aliphatic rings. The maximum Gasteiger partial charge on any atom is 0.228 e. The van der Waals surface area contributed by atoms with E-state index >= 15 is 0 Å². The molecule has 0 spiro atoms. The van der Waals surface area contributed by atoms with Crippen LogP contribution in [0.4, 0.5) is 0 Å². The number of benzene rings is 1. The molecule has 1 aromatic carbocycles. The third kappa shape index (κ3) is 4.02. The molecule has 5 nitrogen and oxygen atoms in total. The Hall–Kier alpha value is -1.46. The van der Waals surface area contributed by atoms with Gasteiger partial charge >= 0.3 is 0 Å². The van der Waals surface area contributed by atoms with Crippen molar-refractivity contribution < 1.29 is 14.3 Å². The molecule has 0 saturated carbocycles. The third-order valence-electron chi connectivity index (χ3n) is 3.26. The Morgan fingerprint density at radius 2 is 2.00 bits per heavy atom.